The van der Waals surface area contributed by atoms with E-state index >= 15 is 0 Å². The molecule has 4 nitrogen and oxygen atoms in total. The molecule has 0 saturated heterocycles. The van der Waals surface area contributed by atoms with E-state index in [9.17, 15) is 4.79 Å². The topological polar surface area (TPSA) is 47.3 Å². The van der Waals surface area contributed by atoms with Gasteiger partial charge in [0.15, 0.2) is 0 Å². The first kappa shape index (κ1) is 14.0. The zero-order valence-electron chi connectivity index (χ0n) is 11.3. The fraction of sp³-hybridized carbons (Fsp3) is 0.429. The molecule has 1 unspecified atom stereocenters. The number of carbonyl (C=O) groups excluding carboxylic acids is 1. The molecule has 0 radical (unpaired) electrons. The Morgan fingerprint density at radius 3 is 2.17 bits per heavy atom. The fourth-order valence-corrected chi connectivity index (χ4v) is 1.67. The molecule has 96 valence electrons. The van der Waals surface area contributed by atoms with E-state index < -0.39 is 5.92 Å². The lowest BCUT2D eigenvalue weighted by molar-refractivity contribution is -0.131. The van der Waals surface area contributed by atoms with Crippen molar-refractivity contribution in [3.8, 4) is 6.07 Å². The van der Waals surface area contributed by atoms with Gasteiger partial charge in [0.25, 0.3) is 0 Å². The first-order valence-corrected chi connectivity index (χ1v) is 5.82. The summed E-state index contributed by atoms with van der Waals surface area (Å²) in [6.07, 6.45) is 0.460. The number of hydrogen-bond donors (Lipinski definition) is 0. The van der Waals surface area contributed by atoms with Crippen LogP contribution in [-0.4, -0.2) is 39.0 Å². The Bertz CT molecular complexity index is 443. The predicted octanol–water partition coefficient (Wildman–Crippen LogP) is 1.52. The molecule has 18 heavy (non-hydrogen) atoms. The third kappa shape index (κ3) is 3.49. The van der Waals surface area contributed by atoms with E-state index in [0.29, 0.717) is 6.42 Å². The Kier molecular flexibility index (Phi) is 4.73. The summed E-state index contributed by atoms with van der Waals surface area (Å²) in [7, 11) is 7.29. The maximum Gasteiger partial charge on any atom is 0.239 e. The van der Waals surface area contributed by atoms with Crippen LogP contribution < -0.4 is 4.90 Å². The number of nitrogens with zero attached hydrogens (tertiary/aromatic N) is 3. The molecule has 0 N–H and O–H groups in total. The van der Waals surface area contributed by atoms with Gasteiger partial charge in [0, 0.05) is 33.9 Å². The highest BCUT2D eigenvalue weighted by Crippen LogP contribution is 2.15. The summed E-state index contributed by atoms with van der Waals surface area (Å²) in [6.45, 7) is 0. The van der Waals surface area contributed by atoms with Gasteiger partial charge in [-0.25, -0.2) is 0 Å². The van der Waals surface area contributed by atoms with Crippen LogP contribution >= 0.6 is 0 Å². The highest BCUT2D eigenvalue weighted by Gasteiger charge is 2.19. The predicted molar refractivity (Wildman–Crippen MR) is 72.3 cm³/mol. The zero-order valence-corrected chi connectivity index (χ0v) is 11.3. The van der Waals surface area contributed by atoms with Crippen LogP contribution in [0.1, 0.15) is 5.56 Å². The number of rotatable bonds is 4. The highest BCUT2D eigenvalue weighted by molar-refractivity contribution is 5.81. The van der Waals surface area contributed by atoms with Crippen LogP contribution in [0.15, 0.2) is 24.3 Å². The molecule has 0 heterocycles. The lowest BCUT2D eigenvalue weighted by atomic mass is 9.99. The summed E-state index contributed by atoms with van der Waals surface area (Å²) in [5.74, 6) is -0.751. The maximum atomic E-state index is 11.7. The minimum absolute atomic E-state index is 0.144. The molecular weight excluding hydrogens is 226 g/mol. The summed E-state index contributed by atoms with van der Waals surface area (Å²) < 4.78 is 0. The molecule has 0 aliphatic heterocycles. The lowest BCUT2D eigenvalue weighted by Crippen LogP contribution is -2.30. The molecule has 1 aromatic carbocycles. The van der Waals surface area contributed by atoms with E-state index in [1.54, 1.807) is 14.1 Å². The second-order valence-electron chi connectivity index (χ2n) is 4.68. The van der Waals surface area contributed by atoms with Gasteiger partial charge in [-0.05, 0) is 24.1 Å². The first-order valence-electron chi connectivity index (χ1n) is 5.82. The monoisotopic (exact) mass is 245 g/mol. The molecular formula is C14H19N3O. The van der Waals surface area contributed by atoms with Crippen LogP contribution in [0.3, 0.4) is 0 Å². The summed E-state index contributed by atoms with van der Waals surface area (Å²) in [5, 5.41) is 9.04. The number of anilines is 1. The van der Waals surface area contributed by atoms with Gasteiger partial charge in [-0.2, -0.15) is 5.26 Å². The van der Waals surface area contributed by atoms with Gasteiger partial charge in [-0.3, -0.25) is 4.79 Å². The molecule has 0 aliphatic carbocycles. The van der Waals surface area contributed by atoms with E-state index in [1.807, 2.05) is 43.3 Å². The van der Waals surface area contributed by atoms with E-state index in [2.05, 4.69) is 6.07 Å². The minimum atomic E-state index is -0.606. The van der Waals surface area contributed by atoms with E-state index in [4.69, 9.17) is 5.26 Å². The van der Waals surface area contributed by atoms with Crippen LogP contribution in [0.5, 0.6) is 0 Å². The average Bonchev–Trinajstić information content (AvgIpc) is 2.35. The molecule has 1 amide bonds. The molecule has 0 spiro atoms. The van der Waals surface area contributed by atoms with Crippen molar-refractivity contribution in [1.29, 1.82) is 5.26 Å². The van der Waals surface area contributed by atoms with E-state index in [0.717, 1.165) is 11.3 Å². The SMILES string of the molecule is CN(C)C(=O)C(C#N)Cc1ccc(N(C)C)cc1. The first-order chi connectivity index (χ1) is 8.45. The van der Waals surface area contributed by atoms with Crippen molar-refractivity contribution in [1.82, 2.24) is 4.90 Å². The van der Waals surface area contributed by atoms with E-state index in [-0.39, 0.29) is 5.91 Å². The third-order valence-corrected chi connectivity index (χ3v) is 2.79. The summed E-state index contributed by atoms with van der Waals surface area (Å²) in [5.41, 5.74) is 2.11. The zero-order chi connectivity index (χ0) is 13.7. The van der Waals surface area contributed by atoms with Crippen molar-refractivity contribution in [2.24, 2.45) is 5.92 Å². The van der Waals surface area contributed by atoms with Gasteiger partial charge in [-0.15, -0.1) is 0 Å². The third-order valence-electron chi connectivity index (χ3n) is 2.79. The maximum absolute atomic E-state index is 11.7. The van der Waals surface area contributed by atoms with Crippen molar-refractivity contribution in [3.63, 3.8) is 0 Å². The van der Waals surface area contributed by atoms with Crippen LogP contribution in [0.25, 0.3) is 0 Å². The molecule has 1 aromatic rings. The molecule has 0 aliphatic rings. The lowest BCUT2D eigenvalue weighted by Gasteiger charge is -2.16. The van der Waals surface area contributed by atoms with Gasteiger partial charge in [0.1, 0.15) is 5.92 Å². The van der Waals surface area contributed by atoms with Gasteiger partial charge in [0.05, 0.1) is 6.07 Å². The average molecular weight is 245 g/mol. The van der Waals surface area contributed by atoms with Crippen molar-refractivity contribution in [2.75, 3.05) is 33.1 Å². The van der Waals surface area contributed by atoms with Gasteiger partial charge in [0.2, 0.25) is 5.91 Å². The van der Waals surface area contributed by atoms with Gasteiger partial charge >= 0.3 is 0 Å². The normalized spacial score (nSPS) is 11.5. The number of carbonyl (C=O) groups is 1. The summed E-state index contributed by atoms with van der Waals surface area (Å²) >= 11 is 0. The van der Waals surface area contributed by atoms with Crippen LogP contribution in [0.2, 0.25) is 0 Å². The molecule has 0 saturated carbocycles. The van der Waals surface area contributed by atoms with Crippen LogP contribution in [0.4, 0.5) is 5.69 Å². The van der Waals surface area contributed by atoms with Crippen molar-refractivity contribution in [2.45, 2.75) is 6.42 Å². The smallest absolute Gasteiger partial charge is 0.239 e. The quantitative estimate of drug-likeness (QED) is 0.808. The second kappa shape index (κ2) is 6.06. The molecule has 0 bridgehead atoms. The Labute approximate surface area is 108 Å². The van der Waals surface area contributed by atoms with Crippen LogP contribution in [-0.2, 0) is 11.2 Å². The molecule has 4 heteroatoms. The second-order valence-corrected chi connectivity index (χ2v) is 4.68. The van der Waals surface area contributed by atoms with Crippen LogP contribution in [0, 0.1) is 17.2 Å². The number of nitriles is 1. The van der Waals surface area contributed by atoms with E-state index in [1.165, 1.54) is 4.90 Å². The minimum Gasteiger partial charge on any atom is -0.378 e. The largest absolute Gasteiger partial charge is 0.378 e. The van der Waals surface area contributed by atoms with Gasteiger partial charge in [-0.1, -0.05) is 12.1 Å². The Hall–Kier alpha value is -2.02. The summed E-state index contributed by atoms with van der Waals surface area (Å²) in [4.78, 5) is 15.2. The molecule has 1 atom stereocenters. The number of amides is 1. The van der Waals surface area contributed by atoms with Crippen molar-refractivity contribution >= 4 is 11.6 Å². The Morgan fingerprint density at radius 1 is 1.22 bits per heavy atom. The fourth-order valence-electron chi connectivity index (χ4n) is 1.67. The Morgan fingerprint density at radius 2 is 1.78 bits per heavy atom. The molecule has 0 aromatic heterocycles. The molecule has 1 rings (SSSR count). The number of hydrogen-bond acceptors (Lipinski definition) is 3. The highest BCUT2D eigenvalue weighted by atomic mass is 16.2. The molecule has 0 fully saturated rings. The number of benzene rings is 1. The van der Waals surface area contributed by atoms with Crippen molar-refractivity contribution < 1.29 is 4.79 Å². The Balaban J connectivity index is 2.77. The summed E-state index contributed by atoms with van der Waals surface area (Å²) in [6, 6.07) is 9.97. The van der Waals surface area contributed by atoms with Gasteiger partial charge < -0.3 is 9.80 Å². The van der Waals surface area contributed by atoms with Crippen molar-refractivity contribution in [3.05, 3.63) is 29.8 Å². The standard InChI is InChI=1S/C14H19N3O/c1-16(2)13-7-5-11(6-8-13)9-12(10-15)14(18)17(3)4/h5-8,12H,9H2,1-4H3.